The molecule has 0 aliphatic rings. The monoisotopic (exact) mass is 595 g/mol. The fourth-order valence-electron chi connectivity index (χ4n) is 4.28. The number of aryl methyl sites for hydroxylation is 2. The molecule has 42 heavy (non-hydrogen) atoms. The van der Waals surface area contributed by atoms with Crippen molar-refractivity contribution < 1.29 is 27.5 Å². The number of benzene rings is 3. The average Bonchev–Trinajstić information content (AvgIpc) is 2.98. The third-order valence-electron chi connectivity index (χ3n) is 7.18. The second-order valence-corrected chi connectivity index (χ2v) is 12.2. The number of carbonyl (C=O) groups excluding carboxylic acids is 2. The van der Waals surface area contributed by atoms with Gasteiger partial charge in [-0.1, -0.05) is 54.4 Å². The average molecular weight is 596 g/mol. The Balaban J connectivity index is 2.11. The predicted octanol–water partition coefficient (Wildman–Crippen LogP) is 4.85. The second kappa shape index (κ2) is 14.2. The number of nitrogens with one attached hydrogen (secondary N) is 1. The van der Waals surface area contributed by atoms with Crippen LogP contribution >= 0.6 is 0 Å². The lowest BCUT2D eigenvalue weighted by molar-refractivity contribution is -0.139. The van der Waals surface area contributed by atoms with E-state index in [1.165, 1.54) is 37.3 Å². The molecule has 2 amide bonds. The molecule has 3 rings (SSSR count). The van der Waals surface area contributed by atoms with Crippen LogP contribution in [0.15, 0.2) is 71.6 Å². The molecule has 0 radical (unpaired) electrons. The van der Waals surface area contributed by atoms with Crippen molar-refractivity contribution in [2.45, 2.75) is 64.6 Å². The van der Waals surface area contributed by atoms with E-state index in [-0.39, 0.29) is 34.8 Å². The van der Waals surface area contributed by atoms with Crippen LogP contribution in [0.4, 0.5) is 5.69 Å². The third-order valence-corrected chi connectivity index (χ3v) is 8.96. The molecule has 1 N–H and O–H groups in total. The van der Waals surface area contributed by atoms with E-state index in [0.717, 1.165) is 27.4 Å². The van der Waals surface area contributed by atoms with E-state index in [9.17, 15) is 18.0 Å². The number of amides is 2. The number of rotatable bonds is 13. The summed E-state index contributed by atoms with van der Waals surface area (Å²) in [6.07, 6.45) is 0.725. The van der Waals surface area contributed by atoms with Crippen LogP contribution in [-0.2, 0) is 26.2 Å². The van der Waals surface area contributed by atoms with E-state index < -0.39 is 28.5 Å². The summed E-state index contributed by atoms with van der Waals surface area (Å²) in [5.74, 6) is -0.244. The molecule has 2 atom stereocenters. The summed E-state index contributed by atoms with van der Waals surface area (Å²) in [6.45, 7) is 8.85. The van der Waals surface area contributed by atoms with Gasteiger partial charge in [0.25, 0.3) is 10.0 Å². The Morgan fingerprint density at radius 2 is 1.48 bits per heavy atom. The molecule has 9 nitrogen and oxygen atoms in total. The van der Waals surface area contributed by atoms with Gasteiger partial charge in [0, 0.05) is 18.7 Å². The van der Waals surface area contributed by atoms with Crippen LogP contribution in [0.1, 0.15) is 43.9 Å². The molecule has 0 spiro atoms. The Labute approximate surface area is 249 Å². The third kappa shape index (κ3) is 7.82. The first-order valence-electron chi connectivity index (χ1n) is 13.9. The SMILES string of the molecule is CC[C@@H](C)NC(=O)[C@@H](C)N(Cc1ccc(C)cc1)C(=O)CN(c1cc(OC)ccc1OC)S(=O)(=O)c1ccc(C)cc1. The van der Waals surface area contributed by atoms with E-state index in [0.29, 0.717) is 5.75 Å². The van der Waals surface area contributed by atoms with Crippen molar-refractivity contribution in [2.24, 2.45) is 0 Å². The van der Waals surface area contributed by atoms with Gasteiger partial charge in [-0.25, -0.2) is 8.42 Å². The van der Waals surface area contributed by atoms with Gasteiger partial charge in [-0.3, -0.25) is 13.9 Å². The van der Waals surface area contributed by atoms with Gasteiger partial charge < -0.3 is 19.7 Å². The highest BCUT2D eigenvalue weighted by atomic mass is 32.2. The minimum absolute atomic E-state index is 0.0124. The van der Waals surface area contributed by atoms with Crippen LogP contribution in [0.2, 0.25) is 0 Å². The normalized spacial score (nSPS) is 12.6. The molecule has 0 bridgehead atoms. The molecule has 0 heterocycles. The molecule has 0 aliphatic heterocycles. The molecule has 3 aromatic carbocycles. The summed E-state index contributed by atoms with van der Waals surface area (Å²) in [5, 5.41) is 2.94. The van der Waals surface area contributed by atoms with Gasteiger partial charge in [-0.05, 0) is 63.9 Å². The standard InChI is InChI=1S/C32H41N3O6S/c1-8-24(4)33-32(37)25(5)34(20-26-13-9-22(2)10-14-26)31(36)21-35(29-19-27(40-6)15-18-30(29)41-7)42(38,39)28-16-11-23(3)12-17-28/h9-19,24-25H,8,20-21H2,1-7H3,(H,33,37)/t24-,25-/m1/s1. The Bertz CT molecular complexity index is 1470. The molecule has 0 aromatic heterocycles. The van der Waals surface area contributed by atoms with E-state index in [4.69, 9.17) is 9.47 Å². The molecule has 0 aliphatic carbocycles. The summed E-state index contributed by atoms with van der Waals surface area (Å²) >= 11 is 0. The van der Waals surface area contributed by atoms with Crippen molar-refractivity contribution >= 4 is 27.5 Å². The molecule has 0 unspecified atom stereocenters. The number of hydrogen-bond donors (Lipinski definition) is 1. The number of sulfonamides is 1. The minimum atomic E-state index is -4.25. The summed E-state index contributed by atoms with van der Waals surface area (Å²) < 4.78 is 40.2. The van der Waals surface area contributed by atoms with Gasteiger partial charge in [-0.15, -0.1) is 0 Å². The van der Waals surface area contributed by atoms with Crippen molar-refractivity contribution in [1.82, 2.24) is 10.2 Å². The molecule has 226 valence electrons. The first-order chi connectivity index (χ1) is 19.9. The second-order valence-electron chi connectivity index (χ2n) is 10.4. The zero-order valence-corrected chi connectivity index (χ0v) is 26.2. The number of anilines is 1. The molecule has 0 saturated carbocycles. The summed E-state index contributed by atoms with van der Waals surface area (Å²) in [4.78, 5) is 28.8. The van der Waals surface area contributed by atoms with Gasteiger partial charge in [0.15, 0.2) is 0 Å². The Morgan fingerprint density at radius 3 is 2.02 bits per heavy atom. The van der Waals surface area contributed by atoms with E-state index in [1.54, 1.807) is 31.2 Å². The molecule has 0 fully saturated rings. The molecular formula is C32H41N3O6S. The van der Waals surface area contributed by atoms with E-state index >= 15 is 0 Å². The lowest BCUT2D eigenvalue weighted by Gasteiger charge is -2.33. The van der Waals surface area contributed by atoms with Crippen LogP contribution in [0.25, 0.3) is 0 Å². The van der Waals surface area contributed by atoms with Gasteiger partial charge in [0.2, 0.25) is 11.8 Å². The number of methoxy groups -OCH3 is 2. The van der Waals surface area contributed by atoms with Crippen LogP contribution < -0.4 is 19.1 Å². The zero-order valence-electron chi connectivity index (χ0n) is 25.4. The van der Waals surface area contributed by atoms with Crippen molar-refractivity contribution in [3.8, 4) is 11.5 Å². The largest absolute Gasteiger partial charge is 0.497 e. The smallest absolute Gasteiger partial charge is 0.264 e. The number of ether oxygens (including phenoxy) is 2. The van der Waals surface area contributed by atoms with Gasteiger partial charge in [-0.2, -0.15) is 0 Å². The first-order valence-corrected chi connectivity index (χ1v) is 15.3. The lowest BCUT2D eigenvalue weighted by Crippen LogP contribution is -2.52. The Hall–Kier alpha value is -4.05. The maximum absolute atomic E-state index is 14.2. The van der Waals surface area contributed by atoms with Crippen LogP contribution in [0.3, 0.4) is 0 Å². The molecular weight excluding hydrogens is 554 g/mol. The van der Waals surface area contributed by atoms with E-state index in [2.05, 4.69) is 5.32 Å². The highest BCUT2D eigenvalue weighted by Crippen LogP contribution is 2.36. The molecule has 3 aromatic rings. The summed E-state index contributed by atoms with van der Waals surface area (Å²) in [7, 11) is -1.36. The number of nitrogens with zero attached hydrogens (tertiary/aromatic N) is 2. The molecule has 10 heteroatoms. The fourth-order valence-corrected chi connectivity index (χ4v) is 5.70. The molecule has 0 saturated heterocycles. The van der Waals surface area contributed by atoms with Crippen molar-refractivity contribution in [3.05, 3.63) is 83.4 Å². The Morgan fingerprint density at radius 1 is 0.881 bits per heavy atom. The number of hydrogen-bond acceptors (Lipinski definition) is 6. The van der Waals surface area contributed by atoms with E-state index in [1.807, 2.05) is 52.0 Å². The maximum atomic E-state index is 14.2. The maximum Gasteiger partial charge on any atom is 0.264 e. The topological polar surface area (TPSA) is 105 Å². The van der Waals surface area contributed by atoms with Crippen molar-refractivity contribution in [2.75, 3.05) is 25.1 Å². The van der Waals surface area contributed by atoms with Crippen LogP contribution in [-0.4, -0.2) is 58.0 Å². The quantitative estimate of drug-likeness (QED) is 0.303. The highest BCUT2D eigenvalue weighted by Gasteiger charge is 2.34. The Kier molecular flexibility index (Phi) is 11.0. The lowest BCUT2D eigenvalue weighted by atomic mass is 10.1. The zero-order chi connectivity index (χ0) is 31.0. The van der Waals surface area contributed by atoms with Crippen molar-refractivity contribution in [1.29, 1.82) is 0 Å². The summed E-state index contributed by atoms with van der Waals surface area (Å²) in [6, 6.07) is 17.8. The fraction of sp³-hybridized carbons (Fsp3) is 0.375. The minimum Gasteiger partial charge on any atom is -0.497 e. The highest BCUT2D eigenvalue weighted by molar-refractivity contribution is 7.92. The van der Waals surface area contributed by atoms with Gasteiger partial charge in [0.1, 0.15) is 24.1 Å². The first kappa shape index (κ1) is 32.5. The summed E-state index contributed by atoms with van der Waals surface area (Å²) in [5.41, 5.74) is 2.89. The van der Waals surface area contributed by atoms with Gasteiger partial charge >= 0.3 is 0 Å². The van der Waals surface area contributed by atoms with Crippen LogP contribution in [0, 0.1) is 13.8 Å². The van der Waals surface area contributed by atoms with Crippen molar-refractivity contribution in [3.63, 3.8) is 0 Å². The van der Waals surface area contributed by atoms with Gasteiger partial charge in [0.05, 0.1) is 24.8 Å². The predicted molar refractivity (Wildman–Crippen MR) is 164 cm³/mol. The number of carbonyl (C=O) groups is 2. The van der Waals surface area contributed by atoms with Crippen LogP contribution in [0.5, 0.6) is 11.5 Å².